The molecule has 5 rings (SSSR count). The molecule has 0 saturated heterocycles. The van der Waals surface area contributed by atoms with Crippen molar-refractivity contribution in [3.63, 3.8) is 0 Å². The molecule has 0 aromatic rings. The van der Waals surface area contributed by atoms with Gasteiger partial charge in [-0.05, 0) is 100 Å². The third-order valence-electron chi connectivity index (χ3n) is 10.9. The van der Waals surface area contributed by atoms with Crippen LogP contribution in [0.15, 0.2) is 16.6 Å². The van der Waals surface area contributed by atoms with E-state index < -0.39 is 5.60 Å². The largest absolute Gasteiger partial charge is 0.393 e. The molecule has 1 aliphatic heterocycles. The molecular weight excluding hydrogens is 412 g/mol. The molecule has 6 nitrogen and oxygen atoms in total. The third-order valence-corrected chi connectivity index (χ3v) is 10.9. The minimum absolute atomic E-state index is 0.0325. The van der Waals surface area contributed by atoms with Gasteiger partial charge in [-0.25, -0.2) is 5.43 Å². The van der Waals surface area contributed by atoms with Gasteiger partial charge in [-0.15, -0.1) is 0 Å². The lowest BCUT2D eigenvalue weighted by Crippen LogP contribution is -2.62. The van der Waals surface area contributed by atoms with Crippen molar-refractivity contribution < 1.29 is 10.2 Å². The first-order valence-corrected chi connectivity index (χ1v) is 13.6. The van der Waals surface area contributed by atoms with E-state index >= 15 is 0 Å². The van der Waals surface area contributed by atoms with Crippen LogP contribution in [0.1, 0.15) is 85.0 Å². The predicted octanol–water partition coefficient (Wildman–Crippen LogP) is 3.51. The zero-order valence-electron chi connectivity index (χ0n) is 21.0. The molecule has 0 spiro atoms. The first kappa shape index (κ1) is 23.6. The molecule has 4 saturated carbocycles. The van der Waals surface area contributed by atoms with Crippen LogP contribution in [0.5, 0.6) is 0 Å². The molecule has 0 aromatic heterocycles. The van der Waals surface area contributed by atoms with Crippen molar-refractivity contribution in [2.75, 3.05) is 19.6 Å². The molecule has 0 amide bonds. The van der Waals surface area contributed by atoms with E-state index in [0.29, 0.717) is 29.1 Å². The van der Waals surface area contributed by atoms with Gasteiger partial charge in [0.25, 0.3) is 0 Å². The number of hydrogen-bond acceptors (Lipinski definition) is 6. The van der Waals surface area contributed by atoms with Gasteiger partial charge in [-0.3, -0.25) is 10.4 Å². The Balaban J connectivity index is 1.27. The summed E-state index contributed by atoms with van der Waals surface area (Å²) in [6.45, 7) is 9.72. The van der Waals surface area contributed by atoms with E-state index in [1.165, 1.54) is 18.4 Å². The molecule has 0 radical (unpaired) electrons. The smallest absolute Gasteiger partial charge is 0.205 e. The summed E-state index contributed by atoms with van der Waals surface area (Å²) < 4.78 is 0. The number of rotatable bonds is 4. The summed E-state index contributed by atoms with van der Waals surface area (Å²) in [5.74, 6) is 2.95. The lowest BCUT2D eigenvalue weighted by atomic mass is 9.43. The molecule has 1 heterocycles. The van der Waals surface area contributed by atoms with Gasteiger partial charge in [0.15, 0.2) is 0 Å². The molecular formula is C27H46N4O2. The maximum absolute atomic E-state index is 12.3. The van der Waals surface area contributed by atoms with E-state index in [1.807, 2.05) is 0 Å². The number of aliphatic imine (C=N–C) groups is 1. The third kappa shape index (κ3) is 3.94. The zero-order valence-corrected chi connectivity index (χ0v) is 21.0. The van der Waals surface area contributed by atoms with Crippen molar-refractivity contribution >= 4 is 5.96 Å². The molecule has 4 aliphatic carbocycles. The zero-order chi connectivity index (χ0) is 23.3. The number of allylic oxidation sites excluding steroid dienone is 1. The summed E-state index contributed by atoms with van der Waals surface area (Å²) in [6, 6.07) is 0. The van der Waals surface area contributed by atoms with E-state index in [1.54, 1.807) is 0 Å². The molecule has 0 unspecified atom stereocenters. The van der Waals surface area contributed by atoms with Crippen molar-refractivity contribution in [3.05, 3.63) is 11.6 Å². The molecule has 186 valence electrons. The summed E-state index contributed by atoms with van der Waals surface area (Å²) >= 11 is 0. The number of fused-ring (bicyclic) bond motifs is 5. The Labute approximate surface area is 200 Å². The average Bonchev–Trinajstić information content (AvgIpc) is 3.06. The predicted molar refractivity (Wildman–Crippen MR) is 133 cm³/mol. The summed E-state index contributed by atoms with van der Waals surface area (Å²) in [4.78, 5) is 4.45. The normalized spacial score (nSPS) is 47.6. The van der Waals surface area contributed by atoms with Crippen molar-refractivity contribution in [1.29, 1.82) is 0 Å². The van der Waals surface area contributed by atoms with Crippen LogP contribution < -0.4 is 16.2 Å². The van der Waals surface area contributed by atoms with Crippen LogP contribution in [-0.2, 0) is 0 Å². The minimum Gasteiger partial charge on any atom is -0.393 e. The quantitative estimate of drug-likeness (QED) is 0.329. The Morgan fingerprint density at radius 3 is 2.76 bits per heavy atom. The Morgan fingerprint density at radius 1 is 1.12 bits per heavy atom. The van der Waals surface area contributed by atoms with Gasteiger partial charge in [0.05, 0.1) is 11.7 Å². The molecule has 0 bridgehead atoms. The number of hydrogen-bond donors (Lipinski definition) is 5. The van der Waals surface area contributed by atoms with E-state index in [2.05, 4.69) is 48.0 Å². The number of nitrogens with one attached hydrogen (secondary N) is 3. The second-order valence-corrected chi connectivity index (χ2v) is 12.4. The van der Waals surface area contributed by atoms with Gasteiger partial charge in [-0.1, -0.05) is 25.5 Å². The second-order valence-electron chi connectivity index (χ2n) is 12.4. The van der Waals surface area contributed by atoms with Crippen LogP contribution in [-0.4, -0.2) is 47.5 Å². The Bertz CT molecular complexity index is 799. The van der Waals surface area contributed by atoms with Crippen LogP contribution in [0.4, 0.5) is 0 Å². The fourth-order valence-electron chi connectivity index (χ4n) is 8.80. The van der Waals surface area contributed by atoms with Crippen LogP contribution >= 0.6 is 0 Å². The molecule has 4 fully saturated rings. The van der Waals surface area contributed by atoms with Crippen molar-refractivity contribution in [2.24, 2.45) is 39.5 Å². The van der Waals surface area contributed by atoms with Crippen molar-refractivity contribution in [2.45, 2.75) is 96.7 Å². The summed E-state index contributed by atoms with van der Waals surface area (Å²) in [7, 11) is 0. The average molecular weight is 459 g/mol. The number of aliphatic hydroxyl groups is 2. The lowest BCUT2D eigenvalue weighted by molar-refractivity contribution is -0.207. The highest BCUT2D eigenvalue weighted by atomic mass is 16.3. The lowest BCUT2D eigenvalue weighted by Gasteiger charge is -2.63. The summed E-state index contributed by atoms with van der Waals surface area (Å²) in [5.41, 5.74) is 7.56. The standard InChI is InChI=1S/C27H46N4O2/c1-18(17-30-31-24-28-13-4-14-29-24)15-20-7-12-27(33)23-6-5-19-16-21(32)8-10-25(19,2)22(23)9-11-26(20,27)3/h15,19-23,30,32-33H,4-14,16-17H2,1-3H3,(H2,28,29,31)/b18-15+/t19-,20-,21+,22+,23-,25+,26-,27+/m1/s1. The van der Waals surface area contributed by atoms with Crippen LogP contribution in [0, 0.1) is 34.5 Å². The highest BCUT2D eigenvalue weighted by Gasteiger charge is 2.66. The highest BCUT2D eigenvalue weighted by Crippen LogP contribution is 2.69. The monoisotopic (exact) mass is 458 g/mol. The molecule has 33 heavy (non-hydrogen) atoms. The fraction of sp³-hybridized carbons (Fsp3) is 0.889. The Morgan fingerprint density at radius 2 is 1.97 bits per heavy atom. The highest BCUT2D eigenvalue weighted by molar-refractivity contribution is 5.79. The second kappa shape index (κ2) is 8.83. The van der Waals surface area contributed by atoms with Gasteiger partial charge in [0.1, 0.15) is 0 Å². The topological polar surface area (TPSA) is 88.9 Å². The number of guanidine groups is 1. The number of hydrazine groups is 1. The molecule has 6 heteroatoms. The van der Waals surface area contributed by atoms with E-state index in [0.717, 1.165) is 77.0 Å². The SMILES string of the molecule is C/C(=C\[C@H]1CC[C@]2(O)[C@@H]3CC[C@@H]4C[C@@H](O)CC[C@]4(C)[C@H]3CC[C@]12C)CNNC1=NCCCN1. The summed E-state index contributed by atoms with van der Waals surface area (Å²) in [5, 5.41) is 25.9. The van der Waals surface area contributed by atoms with Gasteiger partial charge in [0.2, 0.25) is 5.96 Å². The molecule has 0 aromatic carbocycles. The summed E-state index contributed by atoms with van der Waals surface area (Å²) in [6.07, 6.45) is 13.2. The van der Waals surface area contributed by atoms with E-state index in [4.69, 9.17) is 0 Å². The number of nitrogens with zero attached hydrogens (tertiary/aromatic N) is 1. The number of aliphatic hydroxyl groups excluding tert-OH is 1. The van der Waals surface area contributed by atoms with E-state index in [-0.39, 0.29) is 11.5 Å². The maximum Gasteiger partial charge on any atom is 0.205 e. The minimum atomic E-state index is -0.548. The molecule has 8 atom stereocenters. The van der Waals surface area contributed by atoms with Gasteiger partial charge in [-0.2, -0.15) is 0 Å². The van der Waals surface area contributed by atoms with Crippen LogP contribution in [0.2, 0.25) is 0 Å². The van der Waals surface area contributed by atoms with Gasteiger partial charge >= 0.3 is 0 Å². The Hall–Kier alpha value is -1.11. The van der Waals surface area contributed by atoms with Gasteiger partial charge < -0.3 is 15.5 Å². The molecule has 5 aliphatic rings. The van der Waals surface area contributed by atoms with Crippen LogP contribution in [0.25, 0.3) is 0 Å². The van der Waals surface area contributed by atoms with Gasteiger partial charge in [0, 0.05) is 25.0 Å². The first-order chi connectivity index (χ1) is 15.8. The maximum atomic E-state index is 12.3. The van der Waals surface area contributed by atoms with Crippen molar-refractivity contribution in [3.8, 4) is 0 Å². The van der Waals surface area contributed by atoms with E-state index in [9.17, 15) is 10.2 Å². The molecule has 5 N–H and O–H groups in total. The Kier molecular flexibility index (Phi) is 6.32. The van der Waals surface area contributed by atoms with Crippen molar-refractivity contribution in [1.82, 2.24) is 16.2 Å². The first-order valence-electron chi connectivity index (χ1n) is 13.6. The van der Waals surface area contributed by atoms with Crippen LogP contribution in [0.3, 0.4) is 0 Å². The fourth-order valence-corrected chi connectivity index (χ4v) is 8.80.